The summed E-state index contributed by atoms with van der Waals surface area (Å²) in [7, 11) is 0. The van der Waals surface area contributed by atoms with E-state index in [0.29, 0.717) is 25.6 Å². The van der Waals surface area contributed by atoms with Gasteiger partial charge >= 0.3 is 0 Å². The van der Waals surface area contributed by atoms with E-state index in [-0.39, 0.29) is 11.8 Å². The molecule has 94 valence electrons. The third kappa shape index (κ3) is 4.06. The molecule has 0 spiro atoms. The van der Waals surface area contributed by atoms with E-state index in [4.69, 9.17) is 5.26 Å². The average Bonchev–Trinajstić information content (AvgIpc) is 2.35. The van der Waals surface area contributed by atoms with E-state index >= 15 is 0 Å². The van der Waals surface area contributed by atoms with Crippen molar-refractivity contribution < 1.29 is 9.59 Å². The summed E-state index contributed by atoms with van der Waals surface area (Å²) < 4.78 is 0. The van der Waals surface area contributed by atoms with Gasteiger partial charge in [0.25, 0.3) is 0 Å². The summed E-state index contributed by atoms with van der Waals surface area (Å²) in [6.07, 6.45) is 1.79. The molecule has 5 nitrogen and oxygen atoms in total. The summed E-state index contributed by atoms with van der Waals surface area (Å²) in [5.41, 5.74) is 0. The summed E-state index contributed by atoms with van der Waals surface area (Å²) in [5.74, 6) is -0.200. The number of nitriles is 1. The van der Waals surface area contributed by atoms with Crippen LogP contribution in [0.5, 0.6) is 0 Å². The predicted octanol–water partition coefficient (Wildman–Crippen LogP) is 0.521. The summed E-state index contributed by atoms with van der Waals surface area (Å²) in [6, 6.07) is 1.97. The summed E-state index contributed by atoms with van der Waals surface area (Å²) >= 11 is 0. The zero-order valence-electron chi connectivity index (χ0n) is 10.4. The standard InChI is InChI=1S/C12H19N3O2/c1-9(7-13)12(17)15-5-3-11(4-6-15)8-14-10(2)16/h9,11H,3-6,8H2,1-2H3,(H,14,16). The molecule has 0 radical (unpaired) electrons. The molecule has 1 heterocycles. The van der Waals surface area contributed by atoms with Gasteiger partial charge < -0.3 is 10.2 Å². The highest BCUT2D eigenvalue weighted by molar-refractivity contribution is 5.80. The molecule has 1 rings (SSSR count). The average molecular weight is 237 g/mol. The number of carbonyl (C=O) groups is 2. The van der Waals surface area contributed by atoms with Gasteiger partial charge in [-0.2, -0.15) is 5.26 Å². The van der Waals surface area contributed by atoms with Crippen LogP contribution in [-0.4, -0.2) is 36.3 Å². The second kappa shape index (κ2) is 6.24. The van der Waals surface area contributed by atoms with Crippen LogP contribution in [0.2, 0.25) is 0 Å². The normalized spacial score (nSPS) is 18.3. The van der Waals surface area contributed by atoms with E-state index in [1.165, 1.54) is 6.92 Å². The zero-order valence-corrected chi connectivity index (χ0v) is 10.4. The molecular formula is C12H19N3O2. The van der Waals surface area contributed by atoms with Crippen LogP contribution in [0, 0.1) is 23.2 Å². The Morgan fingerprint density at radius 3 is 2.53 bits per heavy atom. The first kappa shape index (κ1) is 13.5. The number of hydrogen-bond donors (Lipinski definition) is 1. The van der Waals surface area contributed by atoms with Gasteiger partial charge in [0.15, 0.2) is 0 Å². The Bertz CT molecular complexity index is 327. The molecule has 1 fully saturated rings. The van der Waals surface area contributed by atoms with E-state index in [2.05, 4.69) is 5.32 Å². The molecule has 1 atom stereocenters. The highest BCUT2D eigenvalue weighted by atomic mass is 16.2. The quantitative estimate of drug-likeness (QED) is 0.777. The van der Waals surface area contributed by atoms with Gasteiger partial charge in [0.2, 0.25) is 11.8 Å². The smallest absolute Gasteiger partial charge is 0.239 e. The van der Waals surface area contributed by atoms with Crippen molar-refractivity contribution in [1.29, 1.82) is 5.26 Å². The monoisotopic (exact) mass is 237 g/mol. The number of carbonyl (C=O) groups excluding carboxylic acids is 2. The van der Waals surface area contributed by atoms with Crippen LogP contribution in [0.15, 0.2) is 0 Å². The van der Waals surface area contributed by atoms with Crippen LogP contribution in [-0.2, 0) is 9.59 Å². The number of amides is 2. The molecule has 1 N–H and O–H groups in total. The minimum Gasteiger partial charge on any atom is -0.356 e. The Labute approximate surface area is 102 Å². The second-order valence-corrected chi connectivity index (χ2v) is 4.56. The van der Waals surface area contributed by atoms with Crippen LogP contribution >= 0.6 is 0 Å². The van der Waals surface area contributed by atoms with Crippen LogP contribution in [0.25, 0.3) is 0 Å². The lowest BCUT2D eigenvalue weighted by atomic mass is 9.96. The minimum atomic E-state index is -0.554. The lowest BCUT2D eigenvalue weighted by Gasteiger charge is -2.32. The van der Waals surface area contributed by atoms with Gasteiger partial charge in [0, 0.05) is 26.6 Å². The van der Waals surface area contributed by atoms with Crippen LogP contribution < -0.4 is 5.32 Å². The van der Waals surface area contributed by atoms with Crippen LogP contribution in [0.1, 0.15) is 26.7 Å². The lowest BCUT2D eigenvalue weighted by molar-refractivity contribution is -0.134. The van der Waals surface area contributed by atoms with E-state index in [1.54, 1.807) is 11.8 Å². The fourth-order valence-electron chi connectivity index (χ4n) is 1.97. The second-order valence-electron chi connectivity index (χ2n) is 4.56. The predicted molar refractivity (Wildman–Crippen MR) is 62.8 cm³/mol. The molecule has 1 unspecified atom stereocenters. The first-order chi connectivity index (χ1) is 8.04. The summed E-state index contributed by atoms with van der Waals surface area (Å²) in [5, 5.41) is 11.5. The van der Waals surface area contributed by atoms with Gasteiger partial charge in [-0.1, -0.05) is 0 Å². The van der Waals surface area contributed by atoms with Crippen molar-refractivity contribution in [3.8, 4) is 6.07 Å². The Morgan fingerprint density at radius 1 is 1.47 bits per heavy atom. The number of hydrogen-bond acceptors (Lipinski definition) is 3. The molecular weight excluding hydrogens is 218 g/mol. The molecule has 0 aromatic rings. The van der Waals surface area contributed by atoms with Crippen LogP contribution in [0.3, 0.4) is 0 Å². The Hall–Kier alpha value is -1.57. The molecule has 17 heavy (non-hydrogen) atoms. The van der Waals surface area contributed by atoms with Crippen molar-refractivity contribution in [3.63, 3.8) is 0 Å². The van der Waals surface area contributed by atoms with Crippen molar-refractivity contribution in [2.24, 2.45) is 11.8 Å². The molecule has 0 aromatic heterocycles. The van der Waals surface area contributed by atoms with E-state index in [0.717, 1.165) is 12.8 Å². The Kier molecular flexibility index (Phi) is 4.95. The minimum absolute atomic E-state index is 0.0124. The molecule has 1 saturated heterocycles. The Balaban J connectivity index is 2.33. The van der Waals surface area contributed by atoms with Crippen molar-refractivity contribution in [2.45, 2.75) is 26.7 Å². The highest BCUT2D eigenvalue weighted by Gasteiger charge is 2.25. The number of nitrogens with zero attached hydrogens (tertiary/aromatic N) is 2. The summed E-state index contributed by atoms with van der Waals surface area (Å²) in [4.78, 5) is 24.3. The third-order valence-electron chi connectivity index (χ3n) is 3.13. The largest absolute Gasteiger partial charge is 0.356 e. The fraction of sp³-hybridized carbons (Fsp3) is 0.750. The first-order valence-corrected chi connectivity index (χ1v) is 5.97. The number of rotatable bonds is 3. The molecule has 0 aromatic carbocycles. The molecule has 5 heteroatoms. The van der Waals surface area contributed by atoms with Crippen molar-refractivity contribution >= 4 is 11.8 Å². The molecule has 1 aliphatic rings. The molecule has 0 saturated carbocycles. The first-order valence-electron chi connectivity index (χ1n) is 5.97. The third-order valence-corrected chi connectivity index (χ3v) is 3.13. The zero-order chi connectivity index (χ0) is 12.8. The van der Waals surface area contributed by atoms with Gasteiger partial charge in [-0.15, -0.1) is 0 Å². The van der Waals surface area contributed by atoms with Gasteiger partial charge in [-0.05, 0) is 25.7 Å². The Morgan fingerprint density at radius 2 is 2.06 bits per heavy atom. The lowest BCUT2D eigenvalue weighted by Crippen LogP contribution is -2.43. The fourth-order valence-corrected chi connectivity index (χ4v) is 1.97. The SMILES string of the molecule is CC(=O)NCC1CCN(C(=O)C(C)C#N)CC1. The molecule has 1 aliphatic heterocycles. The van der Waals surface area contributed by atoms with E-state index in [9.17, 15) is 9.59 Å². The number of nitrogens with one attached hydrogen (secondary N) is 1. The maximum absolute atomic E-state index is 11.7. The van der Waals surface area contributed by atoms with Crippen LogP contribution in [0.4, 0.5) is 0 Å². The van der Waals surface area contributed by atoms with Crippen molar-refractivity contribution in [2.75, 3.05) is 19.6 Å². The van der Waals surface area contributed by atoms with E-state index < -0.39 is 5.92 Å². The maximum Gasteiger partial charge on any atom is 0.239 e. The van der Waals surface area contributed by atoms with Gasteiger partial charge in [0.05, 0.1) is 6.07 Å². The van der Waals surface area contributed by atoms with Crippen molar-refractivity contribution in [3.05, 3.63) is 0 Å². The molecule has 2 amide bonds. The maximum atomic E-state index is 11.7. The molecule has 0 aliphatic carbocycles. The topological polar surface area (TPSA) is 73.2 Å². The number of likely N-dealkylation sites (tertiary alicyclic amines) is 1. The number of piperidine rings is 1. The van der Waals surface area contributed by atoms with E-state index in [1.807, 2.05) is 6.07 Å². The summed E-state index contributed by atoms with van der Waals surface area (Å²) in [6.45, 7) is 5.20. The highest BCUT2D eigenvalue weighted by Crippen LogP contribution is 2.17. The molecule has 0 bridgehead atoms. The van der Waals surface area contributed by atoms with Gasteiger partial charge in [-0.3, -0.25) is 9.59 Å². The van der Waals surface area contributed by atoms with Crippen molar-refractivity contribution in [1.82, 2.24) is 10.2 Å². The van der Waals surface area contributed by atoms with Gasteiger partial charge in [0.1, 0.15) is 5.92 Å². The van der Waals surface area contributed by atoms with Gasteiger partial charge in [-0.25, -0.2) is 0 Å².